The molecule has 4 rings (SSSR count). The van der Waals surface area contributed by atoms with Crippen molar-refractivity contribution < 1.29 is 34.3 Å². The first kappa shape index (κ1) is 30.4. The maximum absolute atomic E-state index is 11.3. The second-order valence-electron chi connectivity index (χ2n) is 14.1. The van der Waals surface area contributed by atoms with E-state index in [1.54, 1.807) is 13.8 Å². The Morgan fingerprint density at radius 3 is 2.39 bits per heavy atom. The highest BCUT2D eigenvalue weighted by Crippen LogP contribution is 2.68. The Morgan fingerprint density at radius 2 is 1.76 bits per heavy atom. The molecule has 3 fully saturated rings. The SMILES string of the molecule is CC(CCCC(C)(C)OS(=O)(=O)O)C1C(C)CC2C3CC=C4CC(OS(=O)(=O)O)CCC4(C)C3CCC21C. The predicted molar refractivity (Wildman–Crippen MR) is 146 cm³/mol. The van der Waals surface area contributed by atoms with Gasteiger partial charge >= 0.3 is 20.8 Å². The van der Waals surface area contributed by atoms with Gasteiger partial charge in [0, 0.05) is 0 Å². The van der Waals surface area contributed by atoms with E-state index < -0.39 is 32.5 Å². The van der Waals surface area contributed by atoms with Crippen molar-refractivity contribution in [3.05, 3.63) is 11.6 Å². The fraction of sp³-hybridized carbons (Fsp3) is 0.929. The fourth-order valence-corrected chi connectivity index (χ4v) is 11.0. The lowest BCUT2D eigenvalue weighted by Crippen LogP contribution is -2.51. The van der Waals surface area contributed by atoms with E-state index in [-0.39, 0.29) is 10.8 Å². The van der Waals surface area contributed by atoms with E-state index in [2.05, 4.69) is 33.8 Å². The Labute approximate surface area is 230 Å². The van der Waals surface area contributed by atoms with Crippen LogP contribution in [0.5, 0.6) is 0 Å². The van der Waals surface area contributed by atoms with Crippen LogP contribution in [0.4, 0.5) is 0 Å². The van der Waals surface area contributed by atoms with E-state index >= 15 is 0 Å². The predicted octanol–water partition coefficient (Wildman–Crippen LogP) is 6.40. The van der Waals surface area contributed by atoms with Crippen molar-refractivity contribution in [3.8, 4) is 0 Å². The first-order valence-electron chi connectivity index (χ1n) is 14.4. The molecule has 0 aliphatic heterocycles. The summed E-state index contributed by atoms with van der Waals surface area (Å²) in [6.45, 7) is 13.1. The van der Waals surface area contributed by atoms with Crippen LogP contribution in [0.1, 0.15) is 106 Å². The average molecular weight is 577 g/mol. The Bertz CT molecular complexity index is 1130. The molecular weight excluding hydrogens is 528 g/mol. The molecule has 10 heteroatoms. The molecule has 8 nitrogen and oxygen atoms in total. The third-order valence-electron chi connectivity index (χ3n) is 11.1. The van der Waals surface area contributed by atoms with Gasteiger partial charge in [0.1, 0.15) is 0 Å². The zero-order chi connectivity index (χ0) is 28.3. The highest BCUT2D eigenvalue weighted by Gasteiger charge is 2.61. The smallest absolute Gasteiger partial charge is 0.264 e. The minimum Gasteiger partial charge on any atom is -0.264 e. The molecule has 0 aromatic carbocycles. The van der Waals surface area contributed by atoms with Gasteiger partial charge < -0.3 is 0 Å². The summed E-state index contributed by atoms with van der Waals surface area (Å²) in [6.07, 6.45) is 11.1. The number of hydrogen-bond acceptors (Lipinski definition) is 6. The molecule has 38 heavy (non-hydrogen) atoms. The van der Waals surface area contributed by atoms with Gasteiger partial charge in [-0.1, -0.05) is 52.2 Å². The van der Waals surface area contributed by atoms with E-state index in [1.807, 2.05) is 0 Å². The van der Waals surface area contributed by atoms with Gasteiger partial charge in [-0.15, -0.1) is 0 Å². The molecule has 4 aliphatic carbocycles. The molecule has 3 saturated carbocycles. The summed E-state index contributed by atoms with van der Waals surface area (Å²) in [5, 5.41) is 0. The number of hydrogen-bond donors (Lipinski definition) is 2. The maximum Gasteiger partial charge on any atom is 0.397 e. The van der Waals surface area contributed by atoms with E-state index in [1.165, 1.54) is 24.8 Å². The van der Waals surface area contributed by atoms with Crippen LogP contribution in [0.25, 0.3) is 0 Å². The zero-order valence-corrected chi connectivity index (χ0v) is 25.5. The first-order valence-corrected chi connectivity index (χ1v) is 17.1. The van der Waals surface area contributed by atoms with Crippen molar-refractivity contribution in [1.29, 1.82) is 0 Å². The van der Waals surface area contributed by atoms with Crippen LogP contribution in [0.3, 0.4) is 0 Å². The molecule has 0 bridgehead atoms. The maximum atomic E-state index is 11.3. The topological polar surface area (TPSA) is 127 Å². The molecule has 0 saturated heterocycles. The summed E-state index contributed by atoms with van der Waals surface area (Å²) in [4.78, 5) is 0. The van der Waals surface area contributed by atoms with E-state index in [9.17, 15) is 21.4 Å². The van der Waals surface area contributed by atoms with Crippen LogP contribution in [-0.2, 0) is 29.2 Å². The summed E-state index contributed by atoms with van der Waals surface area (Å²) in [5.41, 5.74) is 0.724. The minimum atomic E-state index is -4.47. The monoisotopic (exact) mass is 576 g/mol. The van der Waals surface area contributed by atoms with E-state index in [4.69, 9.17) is 12.9 Å². The lowest BCUT2D eigenvalue weighted by Gasteiger charge is -2.58. The van der Waals surface area contributed by atoms with Gasteiger partial charge in [-0.25, -0.2) is 8.37 Å². The zero-order valence-electron chi connectivity index (χ0n) is 23.9. The largest absolute Gasteiger partial charge is 0.397 e. The Hall–Kier alpha value is -0.520. The van der Waals surface area contributed by atoms with Crippen molar-refractivity contribution >= 4 is 20.8 Å². The van der Waals surface area contributed by atoms with Crippen LogP contribution in [0.15, 0.2) is 11.6 Å². The number of fused-ring (bicyclic) bond motifs is 5. The van der Waals surface area contributed by atoms with Crippen molar-refractivity contribution in [3.63, 3.8) is 0 Å². The Morgan fingerprint density at radius 1 is 1.08 bits per heavy atom. The van der Waals surface area contributed by atoms with E-state index in [0.717, 1.165) is 25.7 Å². The molecule has 0 aromatic rings. The number of rotatable bonds is 9. The van der Waals surface area contributed by atoms with E-state index in [0.29, 0.717) is 54.8 Å². The Balaban J connectivity index is 1.44. The Kier molecular flexibility index (Phi) is 8.32. The summed E-state index contributed by atoms with van der Waals surface area (Å²) in [5.74, 6) is 3.62. The van der Waals surface area contributed by atoms with Crippen LogP contribution >= 0.6 is 0 Å². The van der Waals surface area contributed by atoms with Gasteiger partial charge in [0.2, 0.25) is 0 Å². The highest BCUT2D eigenvalue weighted by molar-refractivity contribution is 7.81. The van der Waals surface area contributed by atoms with Crippen molar-refractivity contribution in [2.75, 3.05) is 0 Å². The van der Waals surface area contributed by atoms with Gasteiger partial charge in [-0.3, -0.25) is 9.11 Å². The van der Waals surface area contributed by atoms with Gasteiger partial charge in [-0.2, -0.15) is 16.8 Å². The average Bonchev–Trinajstić information content (AvgIpc) is 3.01. The minimum absolute atomic E-state index is 0.0644. The highest BCUT2D eigenvalue weighted by atomic mass is 32.3. The van der Waals surface area contributed by atoms with Gasteiger partial charge in [-0.05, 0) is 112 Å². The molecule has 0 aromatic heterocycles. The van der Waals surface area contributed by atoms with Crippen molar-refractivity contribution in [2.45, 2.75) is 117 Å². The van der Waals surface area contributed by atoms with Gasteiger partial charge in [0.25, 0.3) is 0 Å². The third kappa shape index (κ3) is 6.20. The molecule has 9 unspecified atom stereocenters. The van der Waals surface area contributed by atoms with Crippen LogP contribution in [0.2, 0.25) is 0 Å². The molecule has 220 valence electrons. The first-order chi connectivity index (χ1) is 17.3. The lowest BCUT2D eigenvalue weighted by molar-refractivity contribution is -0.0576. The molecule has 0 heterocycles. The molecular formula is C28H48O8S2. The lowest BCUT2D eigenvalue weighted by atomic mass is 9.47. The molecule has 0 amide bonds. The summed E-state index contributed by atoms with van der Waals surface area (Å²) >= 11 is 0. The number of allylic oxidation sites excluding steroid dienone is 1. The molecule has 0 radical (unpaired) electrons. The third-order valence-corrected chi connectivity index (χ3v) is 12.3. The summed E-state index contributed by atoms with van der Waals surface area (Å²) in [7, 11) is -8.91. The standard InChI is InChI=1S/C28H48O8S2/c1-18(8-7-13-26(3,4)36-38(32,33)34)25-19(2)16-24-22-10-9-20-17-21(35-37(29,30)31)11-14-27(20,5)23(22)12-15-28(24,25)6/h9,18-19,21-25H,7-8,10-17H2,1-6H3,(H,29,30,31)(H,32,33,34). The molecule has 2 N–H and O–H groups in total. The van der Waals surface area contributed by atoms with Crippen LogP contribution in [0, 0.1) is 46.3 Å². The second kappa shape index (κ2) is 10.4. The van der Waals surface area contributed by atoms with Crippen molar-refractivity contribution in [2.24, 2.45) is 46.3 Å². The molecule has 4 aliphatic rings. The molecule has 0 spiro atoms. The van der Waals surface area contributed by atoms with Crippen molar-refractivity contribution in [1.82, 2.24) is 0 Å². The van der Waals surface area contributed by atoms with Gasteiger partial charge in [0.15, 0.2) is 0 Å². The van der Waals surface area contributed by atoms with Crippen LogP contribution in [-0.4, -0.2) is 37.6 Å². The van der Waals surface area contributed by atoms with Crippen LogP contribution < -0.4 is 0 Å². The summed E-state index contributed by atoms with van der Waals surface area (Å²) < 4.78 is 73.0. The molecule has 9 atom stereocenters. The summed E-state index contributed by atoms with van der Waals surface area (Å²) in [6, 6.07) is 0. The normalized spacial score (nSPS) is 40.6. The second-order valence-corrected chi connectivity index (χ2v) is 16.1. The quantitative estimate of drug-likeness (QED) is 0.238. The van der Waals surface area contributed by atoms with Gasteiger partial charge in [0.05, 0.1) is 11.7 Å². The fourth-order valence-electron chi connectivity index (χ4n) is 9.85.